The van der Waals surface area contributed by atoms with Crippen LogP contribution in [-0.4, -0.2) is 30.0 Å². The van der Waals surface area contributed by atoms with Crippen LogP contribution in [0.1, 0.15) is 44.2 Å². The lowest BCUT2D eigenvalue weighted by atomic mass is 9.82. The molecule has 1 saturated heterocycles. The van der Waals surface area contributed by atoms with Gasteiger partial charge in [-0.25, -0.2) is 0 Å². The zero-order chi connectivity index (χ0) is 13.8. The van der Waals surface area contributed by atoms with E-state index in [1.165, 1.54) is 12.8 Å². The smallest absolute Gasteiger partial charge is 0.237 e. The Morgan fingerprint density at radius 3 is 2.85 bits per heavy atom. The molecule has 4 heteroatoms. The number of nitrogens with zero attached hydrogens (tertiary/aromatic N) is 1. The van der Waals surface area contributed by atoms with Gasteiger partial charge < -0.3 is 10.6 Å². The van der Waals surface area contributed by atoms with Crippen LogP contribution < -0.4 is 10.6 Å². The van der Waals surface area contributed by atoms with Crippen LogP contribution in [0.5, 0.6) is 0 Å². The molecule has 4 nitrogen and oxygen atoms in total. The van der Waals surface area contributed by atoms with Crippen molar-refractivity contribution in [3.05, 3.63) is 30.1 Å². The van der Waals surface area contributed by atoms with Gasteiger partial charge in [-0.2, -0.15) is 0 Å². The van der Waals surface area contributed by atoms with Crippen molar-refractivity contribution in [2.24, 2.45) is 0 Å². The van der Waals surface area contributed by atoms with E-state index in [1.54, 1.807) is 0 Å². The number of nitrogens with one attached hydrogen (secondary N) is 2. The van der Waals surface area contributed by atoms with Gasteiger partial charge in [0.1, 0.15) is 0 Å². The summed E-state index contributed by atoms with van der Waals surface area (Å²) in [7, 11) is 0. The normalized spacial score (nSPS) is 24.7. The summed E-state index contributed by atoms with van der Waals surface area (Å²) < 4.78 is 0. The molecule has 1 saturated carbocycles. The van der Waals surface area contributed by atoms with E-state index < -0.39 is 0 Å². The van der Waals surface area contributed by atoms with Gasteiger partial charge in [-0.05, 0) is 44.4 Å². The number of aromatic nitrogens is 1. The second-order valence-electron chi connectivity index (χ2n) is 6.07. The number of rotatable bonds is 4. The van der Waals surface area contributed by atoms with Crippen LogP contribution in [0.3, 0.4) is 0 Å². The fourth-order valence-corrected chi connectivity index (χ4v) is 3.54. The quantitative estimate of drug-likeness (QED) is 0.879. The number of hydrogen-bond acceptors (Lipinski definition) is 3. The number of carbonyl (C=O) groups excluding carboxylic acids is 1. The molecule has 1 atom stereocenters. The van der Waals surface area contributed by atoms with Gasteiger partial charge in [0.25, 0.3) is 0 Å². The summed E-state index contributed by atoms with van der Waals surface area (Å²) in [6.45, 7) is 1.69. The topological polar surface area (TPSA) is 54.0 Å². The van der Waals surface area contributed by atoms with Gasteiger partial charge in [-0.15, -0.1) is 0 Å². The van der Waals surface area contributed by atoms with E-state index in [-0.39, 0.29) is 17.4 Å². The third-order valence-corrected chi connectivity index (χ3v) is 4.75. The van der Waals surface area contributed by atoms with Crippen molar-refractivity contribution in [1.29, 1.82) is 0 Å². The fourth-order valence-electron chi connectivity index (χ4n) is 3.54. The average molecular weight is 273 g/mol. The molecule has 0 spiro atoms. The average Bonchev–Trinajstić information content (AvgIpc) is 3.18. The first-order chi connectivity index (χ1) is 9.80. The summed E-state index contributed by atoms with van der Waals surface area (Å²) in [5.41, 5.74) is 1.19. The molecule has 0 aromatic carbocycles. The number of hydrogen-bond donors (Lipinski definition) is 2. The van der Waals surface area contributed by atoms with Crippen molar-refractivity contribution in [2.75, 3.05) is 13.1 Å². The van der Waals surface area contributed by atoms with E-state index in [0.717, 1.165) is 44.5 Å². The predicted octanol–water partition coefficient (Wildman–Crippen LogP) is 1.76. The van der Waals surface area contributed by atoms with Gasteiger partial charge >= 0.3 is 0 Å². The maximum absolute atomic E-state index is 12.2. The van der Waals surface area contributed by atoms with Gasteiger partial charge in [-0.3, -0.25) is 9.78 Å². The molecule has 1 aromatic heterocycles. The van der Waals surface area contributed by atoms with Crippen LogP contribution in [0.25, 0.3) is 0 Å². The van der Waals surface area contributed by atoms with Crippen molar-refractivity contribution in [3.63, 3.8) is 0 Å². The SMILES string of the molecule is O=C(NCC1(c2ccccn2)CCCC1)C1CCCN1. The maximum Gasteiger partial charge on any atom is 0.237 e. The lowest BCUT2D eigenvalue weighted by molar-refractivity contribution is -0.123. The second-order valence-corrected chi connectivity index (χ2v) is 6.07. The molecule has 20 heavy (non-hydrogen) atoms. The summed E-state index contributed by atoms with van der Waals surface area (Å²) in [4.78, 5) is 16.7. The largest absolute Gasteiger partial charge is 0.354 e. The summed E-state index contributed by atoms with van der Waals surface area (Å²) in [5.74, 6) is 0.157. The van der Waals surface area contributed by atoms with Crippen LogP contribution in [0.4, 0.5) is 0 Å². The van der Waals surface area contributed by atoms with Gasteiger partial charge in [0.15, 0.2) is 0 Å². The Morgan fingerprint density at radius 1 is 1.35 bits per heavy atom. The minimum absolute atomic E-state index is 0.0113. The molecule has 1 aliphatic carbocycles. The minimum Gasteiger partial charge on any atom is -0.354 e. The van der Waals surface area contributed by atoms with Crippen LogP contribution in [0.2, 0.25) is 0 Å². The highest BCUT2D eigenvalue weighted by Gasteiger charge is 2.37. The molecule has 2 N–H and O–H groups in total. The molecule has 2 fully saturated rings. The first-order valence-corrected chi connectivity index (χ1v) is 7.73. The lowest BCUT2D eigenvalue weighted by Crippen LogP contribution is -2.46. The zero-order valence-corrected chi connectivity index (χ0v) is 11.9. The molecule has 1 aromatic rings. The first kappa shape index (κ1) is 13.6. The molecule has 108 valence electrons. The summed E-state index contributed by atoms with van der Waals surface area (Å²) >= 11 is 0. The Hall–Kier alpha value is -1.42. The highest BCUT2D eigenvalue weighted by Crippen LogP contribution is 2.39. The molecule has 0 bridgehead atoms. The summed E-state index contributed by atoms with van der Waals surface area (Å²) in [5, 5.41) is 6.42. The van der Waals surface area contributed by atoms with Gasteiger partial charge in [0, 0.05) is 23.9 Å². The second kappa shape index (κ2) is 5.92. The van der Waals surface area contributed by atoms with Gasteiger partial charge in [-0.1, -0.05) is 18.9 Å². The fraction of sp³-hybridized carbons (Fsp3) is 0.625. The van der Waals surface area contributed by atoms with Crippen molar-refractivity contribution in [2.45, 2.75) is 50.0 Å². The van der Waals surface area contributed by atoms with Crippen molar-refractivity contribution < 1.29 is 4.79 Å². The Kier molecular flexibility index (Phi) is 4.01. The molecule has 3 rings (SSSR count). The number of pyridine rings is 1. The molecular weight excluding hydrogens is 250 g/mol. The van der Waals surface area contributed by atoms with E-state index in [4.69, 9.17) is 0 Å². The standard InChI is InChI=1S/C16H23N3O/c20-15(13-6-5-11-17-13)19-12-16(8-2-3-9-16)14-7-1-4-10-18-14/h1,4,7,10,13,17H,2-3,5-6,8-9,11-12H2,(H,19,20). The van der Waals surface area contributed by atoms with Crippen LogP contribution in [-0.2, 0) is 10.2 Å². The van der Waals surface area contributed by atoms with E-state index in [1.807, 2.05) is 18.3 Å². The van der Waals surface area contributed by atoms with Gasteiger partial charge in [0.2, 0.25) is 5.91 Å². The van der Waals surface area contributed by atoms with Crippen molar-refractivity contribution >= 4 is 5.91 Å². The first-order valence-electron chi connectivity index (χ1n) is 7.73. The highest BCUT2D eigenvalue weighted by molar-refractivity contribution is 5.82. The van der Waals surface area contributed by atoms with E-state index in [0.29, 0.717) is 0 Å². The Bertz CT molecular complexity index is 448. The Morgan fingerprint density at radius 2 is 2.20 bits per heavy atom. The molecular formula is C16H23N3O. The van der Waals surface area contributed by atoms with Crippen LogP contribution >= 0.6 is 0 Å². The van der Waals surface area contributed by atoms with Crippen molar-refractivity contribution in [3.8, 4) is 0 Å². The van der Waals surface area contributed by atoms with E-state index >= 15 is 0 Å². The molecule has 1 aliphatic heterocycles. The molecule has 1 amide bonds. The Labute approximate surface area is 120 Å². The van der Waals surface area contributed by atoms with Crippen LogP contribution in [0, 0.1) is 0 Å². The molecule has 2 aliphatic rings. The molecule has 0 radical (unpaired) electrons. The number of carbonyl (C=O) groups is 1. The zero-order valence-electron chi connectivity index (χ0n) is 11.9. The predicted molar refractivity (Wildman–Crippen MR) is 78.4 cm³/mol. The molecule has 2 heterocycles. The third-order valence-electron chi connectivity index (χ3n) is 4.75. The van der Waals surface area contributed by atoms with Gasteiger partial charge in [0.05, 0.1) is 6.04 Å². The van der Waals surface area contributed by atoms with Crippen LogP contribution in [0.15, 0.2) is 24.4 Å². The summed E-state index contributed by atoms with van der Waals surface area (Å²) in [6, 6.07) is 6.11. The van der Waals surface area contributed by atoms with E-state index in [2.05, 4.69) is 21.7 Å². The number of amides is 1. The van der Waals surface area contributed by atoms with E-state index in [9.17, 15) is 4.79 Å². The highest BCUT2D eigenvalue weighted by atomic mass is 16.2. The third kappa shape index (κ3) is 2.70. The molecule has 1 unspecified atom stereocenters. The maximum atomic E-state index is 12.2. The summed E-state index contributed by atoms with van der Waals surface area (Å²) in [6.07, 6.45) is 8.63. The monoisotopic (exact) mass is 273 g/mol. The minimum atomic E-state index is 0.0113. The lowest BCUT2D eigenvalue weighted by Gasteiger charge is -2.29. The Balaban J connectivity index is 1.67. The van der Waals surface area contributed by atoms with Crippen molar-refractivity contribution in [1.82, 2.24) is 15.6 Å².